The van der Waals surface area contributed by atoms with E-state index >= 15 is 0 Å². The van der Waals surface area contributed by atoms with Crippen LogP contribution in [0.2, 0.25) is 0 Å². The SMILES string of the molecule is Cc1nc(NC(=O)c2ccc(=O)[nH]c2)n[nH]1. The van der Waals surface area contributed by atoms with Crippen LogP contribution in [-0.2, 0) is 0 Å². The molecule has 7 heteroatoms. The average Bonchev–Trinajstić information content (AvgIpc) is 2.65. The second kappa shape index (κ2) is 3.97. The number of nitrogens with zero attached hydrogens (tertiary/aromatic N) is 2. The Morgan fingerprint density at radius 3 is 2.81 bits per heavy atom. The van der Waals surface area contributed by atoms with Gasteiger partial charge in [0.25, 0.3) is 5.91 Å². The number of hydrogen-bond donors (Lipinski definition) is 3. The zero-order valence-corrected chi connectivity index (χ0v) is 8.44. The normalized spacial score (nSPS) is 10.1. The summed E-state index contributed by atoms with van der Waals surface area (Å²) in [6, 6.07) is 2.70. The highest BCUT2D eigenvalue weighted by Gasteiger charge is 2.08. The van der Waals surface area contributed by atoms with Crippen molar-refractivity contribution in [2.45, 2.75) is 6.92 Å². The van der Waals surface area contributed by atoms with E-state index in [4.69, 9.17) is 0 Å². The Morgan fingerprint density at radius 1 is 1.44 bits per heavy atom. The Kier molecular flexibility index (Phi) is 2.50. The molecule has 0 aliphatic carbocycles. The number of aromatic amines is 2. The van der Waals surface area contributed by atoms with Crippen LogP contribution < -0.4 is 10.9 Å². The molecule has 0 fully saturated rings. The molecule has 0 spiro atoms. The van der Waals surface area contributed by atoms with Crippen molar-refractivity contribution in [2.75, 3.05) is 5.32 Å². The Morgan fingerprint density at radius 2 is 2.25 bits per heavy atom. The van der Waals surface area contributed by atoms with E-state index in [9.17, 15) is 9.59 Å². The minimum Gasteiger partial charge on any atom is -0.328 e. The lowest BCUT2D eigenvalue weighted by Gasteiger charge is -1.99. The van der Waals surface area contributed by atoms with Gasteiger partial charge in [-0.3, -0.25) is 20.0 Å². The van der Waals surface area contributed by atoms with E-state index in [0.717, 1.165) is 0 Å². The Hall–Kier alpha value is -2.44. The van der Waals surface area contributed by atoms with Gasteiger partial charge in [-0.05, 0) is 13.0 Å². The number of hydrogen-bond acceptors (Lipinski definition) is 4. The fraction of sp³-hybridized carbons (Fsp3) is 0.111. The molecule has 7 nitrogen and oxygen atoms in total. The van der Waals surface area contributed by atoms with Crippen LogP contribution in [0.1, 0.15) is 16.2 Å². The highest BCUT2D eigenvalue weighted by Crippen LogP contribution is 2.01. The maximum Gasteiger partial charge on any atom is 0.259 e. The van der Waals surface area contributed by atoms with Gasteiger partial charge in [0.1, 0.15) is 5.82 Å². The Bertz CT molecular complexity index is 551. The number of aromatic nitrogens is 4. The summed E-state index contributed by atoms with van der Waals surface area (Å²) < 4.78 is 0. The van der Waals surface area contributed by atoms with Crippen LogP contribution in [0.25, 0.3) is 0 Å². The Labute approximate surface area is 89.9 Å². The molecule has 2 rings (SSSR count). The first-order valence-electron chi connectivity index (χ1n) is 4.54. The zero-order chi connectivity index (χ0) is 11.5. The van der Waals surface area contributed by atoms with Crippen molar-refractivity contribution in [1.29, 1.82) is 0 Å². The zero-order valence-electron chi connectivity index (χ0n) is 8.44. The van der Waals surface area contributed by atoms with E-state index in [0.29, 0.717) is 11.4 Å². The summed E-state index contributed by atoms with van der Waals surface area (Å²) >= 11 is 0. The van der Waals surface area contributed by atoms with Gasteiger partial charge in [0.2, 0.25) is 11.5 Å². The number of rotatable bonds is 2. The van der Waals surface area contributed by atoms with Crippen LogP contribution in [0.5, 0.6) is 0 Å². The second-order valence-corrected chi connectivity index (χ2v) is 3.14. The molecule has 3 N–H and O–H groups in total. The molecule has 16 heavy (non-hydrogen) atoms. The van der Waals surface area contributed by atoms with E-state index in [1.807, 2.05) is 0 Å². The maximum atomic E-state index is 11.6. The van der Waals surface area contributed by atoms with E-state index < -0.39 is 0 Å². The van der Waals surface area contributed by atoms with E-state index in [1.54, 1.807) is 6.92 Å². The first kappa shape index (κ1) is 10.1. The Balaban J connectivity index is 2.14. The summed E-state index contributed by atoms with van der Waals surface area (Å²) in [5, 5.41) is 8.84. The van der Waals surface area contributed by atoms with Crippen molar-refractivity contribution in [3.63, 3.8) is 0 Å². The molecule has 82 valence electrons. The molecular weight excluding hydrogens is 210 g/mol. The number of nitrogens with one attached hydrogen (secondary N) is 3. The van der Waals surface area contributed by atoms with Crippen molar-refractivity contribution >= 4 is 11.9 Å². The van der Waals surface area contributed by atoms with Gasteiger partial charge >= 0.3 is 0 Å². The lowest BCUT2D eigenvalue weighted by Crippen LogP contribution is -2.15. The fourth-order valence-electron chi connectivity index (χ4n) is 1.12. The molecular formula is C9H9N5O2. The number of H-pyrrole nitrogens is 2. The van der Waals surface area contributed by atoms with Crippen molar-refractivity contribution in [1.82, 2.24) is 20.2 Å². The summed E-state index contributed by atoms with van der Waals surface area (Å²) in [5.74, 6) is 0.431. The summed E-state index contributed by atoms with van der Waals surface area (Å²) in [6.07, 6.45) is 1.33. The number of amides is 1. The van der Waals surface area contributed by atoms with E-state index in [2.05, 4.69) is 25.5 Å². The van der Waals surface area contributed by atoms with Crippen molar-refractivity contribution in [3.05, 3.63) is 40.1 Å². The standard InChI is InChI=1S/C9H9N5O2/c1-5-11-9(14-13-5)12-8(16)6-2-3-7(15)10-4-6/h2-4H,1H3,(H,10,15)(H2,11,12,13,14,16). The van der Waals surface area contributed by atoms with Crippen LogP contribution in [-0.4, -0.2) is 26.1 Å². The molecule has 2 heterocycles. The van der Waals surface area contributed by atoms with Gasteiger partial charge in [-0.2, -0.15) is 4.98 Å². The summed E-state index contributed by atoms with van der Waals surface area (Å²) in [5.41, 5.74) is 0.0762. The first-order chi connectivity index (χ1) is 7.65. The van der Waals surface area contributed by atoms with Gasteiger partial charge in [0, 0.05) is 12.3 Å². The molecule has 0 radical (unpaired) electrons. The van der Waals surface area contributed by atoms with E-state index in [1.165, 1.54) is 18.3 Å². The van der Waals surface area contributed by atoms with Gasteiger partial charge in [-0.25, -0.2) is 0 Å². The predicted octanol–water partition coefficient (Wildman–Crippen LogP) is 0.0537. The number of carbonyl (C=O) groups excluding carboxylic acids is 1. The molecule has 0 aromatic carbocycles. The molecule has 0 bridgehead atoms. The third kappa shape index (κ3) is 2.14. The largest absolute Gasteiger partial charge is 0.328 e. The molecule has 0 saturated heterocycles. The predicted molar refractivity (Wildman–Crippen MR) is 56.1 cm³/mol. The summed E-state index contributed by atoms with van der Waals surface area (Å²) in [7, 11) is 0. The lowest BCUT2D eigenvalue weighted by atomic mass is 10.3. The summed E-state index contributed by atoms with van der Waals surface area (Å²) in [6.45, 7) is 1.72. The van der Waals surface area contributed by atoms with Gasteiger partial charge < -0.3 is 4.98 Å². The van der Waals surface area contributed by atoms with Gasteiger partial charge in [-0.1, -0.05) is 0 Å². The topological polar surface area (TPSA) is 104 Å². The molecule has 2 aromatic heterocycles. The average molecular weight is 219 g/mol. The van der Waals surface area contributed by atoms with Crippen molar-refractivity contribution < 1.29 is 4.79 Å². The fourth-order valence-corrected chi connectivity index (χ4v) is 1.12. The highest BCUT2D eigenvalue weighted by molar-refractivity contribution is 6.02. The number of aryl methyl sites for hydroxylation is 1. The van der Waals surface area contributed by atoms with Gasteiger partial charge in [0.15, 0.2) is 0 Å². The molecule has 0 saturated carbocycles. The van der Waals surface area contributed by atoms with Crippen molar-refractivity contribution in [3.8, 4) is 0 Å². The number of carbonyl (C=O) groups is 1. The molecule has 0 aliphatic heterocycles. The maximum absolute atomic E-state index is 11.6. The molecule has 2 aromatic rings. The minimum atomic E-state index is -0.379. The molecule has 0 atom stereocenters. The highest BCUT2D eigenvalue weighted by atomic mass is 16.2. The quantitative estimate of drug-likeness (QED) is 0.664. The lowest BCUT2D eigenvalue weighted by molar-refractivity contribution is 0.102. The van der Waals surface area contributed by atoms with Gasteiger partial charge in [-0.15, -0.1) is 5.10 Å². The van der Waals surface area contributed by atoms with Crippen LogP contribution in [0.15, 0.2) is 23.1 Å². The number of pyridine rings is 1. The first-order valence-corrected chi connectivity index (χ1v) is 4.54. The second-order valence-electron chi connectivity index (χ2n) is 3.14. The summed E-state index contributed by atoms with van der Waals surface area (Å²) in [4.78, 5) is 28.7. The van der Waals surface area contributed by atoms with Crippen molar-refractivity contribution in [2.24, 2.45) is 0 Å². The van der Waals surface area contributed by atoms with E-state index in [-0.39, 0.29) is 17.4 Å². The molecule has 0 aliphatic rings. The molecule has 0 unspecified atom stereocenters. The van der Waals surface area contributed by atoms with Crippen LogP contribution >= 0.6 is 0 Å². The van der Waals surface area contributed by atoms with Crippen LogP contribution in [0.3, 0.4) is 0 Å². The molecule has 1 amide bonds. The third-order valence-corrected chi connectivity index (χ3v) is 1.87. The monoisotopic (exact) mass is 219 g/mol. The van der Waals surface area contributed by atoms with Gasteiger partial charge in [0.05, 0.1) is 5.56 Å². The third-order valence-electron chi connectivity index (χ3n) is 1.87. The smallest absolute Gasteiger partial charge is 0.259 e. The number of anilines is 1. The van der Waals surface area contributed by atoms with Crippen LogP contribution in [0.4, 0.5) is 5.95 Å². The van der Waals surface area contributed by atoms with Crippen LogP contribution in [0, 0.1) is 6.92 Å². The minimum absolute atomic E-state index is 0.203.